The van der Waals surface area contributed by atoms with E-state index in [1.807, 2.05) is 0 Å². The van der Waals surface area contributed by atoms with Gasteiger partial charge in [-0.25, -0.2) is 0 Å². The summed E-state index contributed by atoms with van der Waals surface area (Å²) >= 11 is 0. The van der Waals surface area contributed by atoms with E-state index in [1.54, 1.807) is 0 Å². The molecule has 1 rings (SSSR count). The van der Waals surface area contributed by atoms with Crippen LogP contribution in [0.3, 0.4) is 0 Å². The van der Waals surface area contributed by atoms with Gasteiger partial charge in [0.1, 0.15) is 6.10 Å². The number of aliphatic carboxylic acids is 1. The van der Waals surface area contributed by atoms with Crippen molar-refractivity contribution in [2.45, 2.75) is 91.6 Å². The van der Waals surface area contributed by atoms with Crippen LogP contribution in [-0.2, 0) is 14.3 Å². The molecular formula is C20H36O4. The van der Waals surface area contributed by atoms with E-state index in [0.29, 0.717) is 31.6 Å². The number of unbranched alkanes of at least 4 members (excludes halogenated alkanes) is 2. The van der Waals surface area contributed by atoms with E-state index in [-0.39, 0.29) is 23.9 Å². The smallest absolute Gasteiger partial charge is 0.309 e. The molecule has 1 N–H and O–H groups in total. The molecule has 0 radical (unpaired) electrons. The maximum absolute atomic E-state index is 12.4. The molecule has 0 heterocycles. The molecule has 140 valence electrons. The fourth-order valence-electron chi connectivity index (χ4n) is 3.42. The quantitative estimate of drug-likeness (QED) is 0.446. The zero-order chi connectivity index (χ0) is 18.1. The third-order valence-corrected chi connectivity index (χ3v) is 5.19. The van der Waals surface area contributed by atoms with Gasteiger partial charge in [-0.05, 0) is 50.4 Å². The molecule has 0 bridgehead atoms. The molecule has 24 heavy (non-hydrogen) atoms. The van der Waals surface area contributed by atoms with Crippen molar-refractivity contribution in [2.24, 2.45) is 23.7 Å². The monoisotopic (exact) mass is 340 g/mol. The van der Waals surface area contributed by atoms with Gasteiger partial charge in [0.2, 0.25) is 0 Å². The summed E-state index contributed by atoms with van der Waals surface area (Å²) in [6, 6.07) is 0. The van der Waals surface area contributed by atoms with Gasteiger partial charge in [-0.15, -0.1) is 0 Å². The SMILES string of the molecule is CC(C)CCCCCC(OC(=O)C1CCC(C(=O)O)CC1)C(C)C. The summed E-state index contributed by atoms with van der Waals surface area (Å²) in [5, 5.41) is 9.04. The summed E-state index contributed by atoms with van der Waals surface area (Å²) in [5.41, 5.74) is 0. The van der Waals surface area contributed by atoms with Crippen LogP contribution in [-0.4, -0.2) is 23.1 Å². The molecule has 0 amide bonds. The van der Waals surface area contributed by atoms with E-state index in [1.165, 1.54) is 19.3 Å². The molecule has 0 aliphatic heterocycles. The average molecular weight is 341 g/mol. The molecule has 0 aromatic heterocycles. The van der Waals surface area contributed by atoms with E-state index >= 15 is 0 Å². The van der Waals surface area contributed by atoms with Crippen molar-refractivity contribution in [1.82, 2.24) is 0 Å². The Morgan fingerprint density at radius 2 is 1.46 bits per heavy atom. The second kappa shape index (κ2) is 10.7. The molecule has 1 aliphatic carbocycles. The summed E-state index contributed by atoms with van der Waals surface area (Å²) in [7, 11) is 0. The van der Waals surface area contributed by atoms with Gasteiger partial charge in [0.15, 0.2) is 0 Å². The predicted molar refractivity (Wildman–Crippen MR) is 95.7 cm³/mol. The highest BCUT2D eigenvalue weighted by atomic mass is 16.5. The molecule has 1 saturated carbocycles. The number of rotatable bonds is 10. The first-order chi connectivity index (χ1) is 11.3. The largest absolute Gasteiger partial charge is 0.481 e. The highest BCUT2D eigenvalue weighted by Gasteiger charge is 2.32. The molecular weight excluding hydrogens is 304 g/mol. The summed E-state index contributed by atoms with van der Waals surface area (Å²) in [4.78, 5) is 23.4. The number of hydrogen-bond acceptors (Lipinski definition) is 3. The first-order valence-corrected chi connectivity index (χ1v) is 9.74. The number of carbonyl (C=O) groups is 2. The normalized spacial score (nSPS) is 22.6. The number of esters is 1. The zero-order valence-electron chi connectivity index (χ0n) is 15.9. The minimum absolute atomic E-state index is 0.00579. The average Bonchev–Trinajstić information content (AvgIpc) is 2.52. The lowest BCUT2D eigenvalue weighted by atomic mass is 9.82. The first kappa shape index (κ1) is 21.0. The third-order valence-electron chi connectivity index (χ3n) is 5.19. The second-order valence-corrected chi connectivity index (χ2v) is 8.14. The molecule has 1 aliphatic rings. The van der Waals surface area contributed by atoms with Crippen molar-refractivity contribution < 1.29 is 19.4 Å². The highest BCUT2D eigenvalue weighted by Crippen LogP contribution is 2.30. The molecule has 0 saturated heterocycles. The Morgan fingerprint density at radius 1 is 0.917 bits per heavy atom. The lowest BCUT2D eigenvalue weighted by Gasteiger charge is -2.28. The number of carboxylic acids is 1. The van der Waals surface area contributed by atoms with Crippen LogP contribution in [0, 0.1) is 23.7 Å². The van der Waals surface area contributed by atoms with Crippen molar-refractivity contribution in [2.75, 3.05) is 0 Å². The van der Waals surface area contributed by atoms with Crippen LogP contribution in [0.25, 0.3) is 0 Å². The minimum Gasteiger partial charge on any atom is -0.481 e. The van der Waals surface area contributed by atoms with E-state index in [9.17, 15) is 9.59 Å². The lowest BCUT2D eigenvalue weighted by molar-refractivity contribution is -0.159. The maximum Gasteiger partial charge on any atom is 0.309 e. The molecule has 1 fully saturated rings. The Kier molecular flexibility index (Phi) is 9.38. The number of carboxylic acid groups (broad SMARTS) is 1. The Hall–Kier alpha value is -1.06. The Labute approximate surface area is 147 Å². The van der Waals surface area contributed by atoms with Crippen LogP contribution in [0.1, 0.15) is 85.5 Å². The third kappa shape index (κ3) is 7.67. The van der Waals surface area contributed by atoms with Gasteiger partial charge < -0.3 is 9.84 Å². The first-order valence-electron chi connectivity index (χ1n) is 9.74. The topological polar surface area (TPSA) is 63.6 Å². The summed E-state index contributed by atoms with van der Waals surface area (Å²) in [5.74, 6) is -0.152. The van der Waals surface area contributed by atoms with Crippen molar-refractivity contribution in [3.8, 4) is 0 Å². The van der Waals surface area contributed by atoms with Crippen molar-refractivity contribution in [3.63, 3.8) is 0 Å². The Balaban J connectivity index is 2.34. The van der Waals surface area contributed by atoms with Gasteiger partial charge in [-0.1, -0.05) is 47.0 Å². The van der Waals surface area contributed by atoms with Crippen molar-refractivity contribution >= 4 is 11.9 Å². The maximum atomic E-state index is 12.4. The van der Waals surface area contributed by atoms with E-state index < -0.39 is 5.97 Å². The molecule has 4 heteroatoms. The van der Waals surface area contributed by atoms with E-state index in [2.05, 4.69) is 27.7 Å². The van der Waals surface area contributed by atoms with Gasteiger partial charge >= 0.3 is 11.9 Å². The highest BCUT2D eigenvalue weighted by molar-refractivity contribution is 5.74. The molecule has 0 aromatic rings. The summed E-state index contributed by atoms with van der Waals surface area (Å²) in [6.45, 7) is 8.70. The van der Waals surface area contributed by atoms with E-state index in [0.717, 1.165) is 18.8 Å². The minimum atomic E-state index is -0.733. The van der Waals surface area contributed by atoms with Crippen LogP contribution in [0.4, 0.5) is 0 Å². The molecule has 1 unspecified atom stereocenters. The van der Waals surface area contributed by atoms with Gasteiger partial charge in [0.25, 0.3) is 0 Å². The van der Waals surface area contributed by atoms with Gasteiger partial charge in [-0.2, -0.15) is 0 Å². The van der Waals surface area contributed by atoms with Crippen LogP contribution >= 0.6 is 0 Å². The van der Waals surface area contributed by atoms with Crippen LogP contribution in [0.2, 0.25) is 0 Å². The summed E-state index contributed by atoms with van der Waals surface area (Å²) in [6.07, 6.45) is 8.23. The van der Waals surface area contributed by atoms with Gasteiger partial charge in [0.05, 0.1) is 11.8 Å². The van der Waals surface area contributed by atoms with Crippen molar-refractivity contribution in [3.05, 3.63) is 0 Å². The molecule has 1 atom stereocenters. The second-order valence-electron chi connectivity index (χ2n) is 8.14. The molecule has 0 aromatic carbocycles. The zero-order valence-corrected chi connectivity index (χ0v) is 15.9. The van der Waals surface area contributed by atoms with E-state index in [4.69, 9.17) is 9.84 Å². The summed E-state index contributed by atoms with van der Waals surface area (Å²) < 4.78 is 5.79. The van der Waals surface area contributed by atoms with Crippen LogP contribution in [0.15, 0.2) is 0 Å². The Morgan fingerprint density at radius 3 is 1.96 bits per heavy atom. The molecule has 0 spiro atoms. The number of carbonyl (C=O) groups excluding carboxylic acids is 1. The van der Waals surface area contributed by atoms with Gasteiger partial charge in [-0.3, -0.25) is 9.59 Å². The van der Waals surface area contributed by atoms with Gasteiger partial charge in [0, 0.05) is 0 Å². The van der Waals surface area contributed by atoms with Crippen molar-refractivity contribution in [1.29, 1.82) is 0 Å². The number of hydrogen-bond donors (Lipinski definition) is 1. The standard InChI is InChI=1S/C20H36O4/c1-14(2)8-6-5-7-9-18(15(3)4)24-20(23)17-12-10-16(11-13-17)19(21)22/h14-18H,5-13H2,1-4H3,(H,21,22). The van der Waals surface area contributed by atoms with Crippen LogP contribution in [0.5, 0.6) is 0 Å². The fourth-order valence-corrected chi connectivity index (χ4v) is 3.42. The van der Waals surface area contributed by atoms with Crippen LogP contribution < -0.4 is 0 Å². The fraction of sp³-hybridized carbons (Fsp3) is 0.900. The number of ether oxygens (including phenoxy) is 1. The molecule has 4 nitrogen and oxygen atoms in total. The Bertz CT molecular complexity index is 381. The lowest BCUT2D eigenvalue weighted by Crippen LogP contribution is -2.31. The predicted octanol–water partition coefficient (Wildman–Crippen LogP) is 5.05.